The standard InChI is InChI=1S/C17H16N6O4/c1-10-12(8-20-21-15(25)13-9-18-6-7-19-13)17(27)23(22-10)16(26)11-4-2-3-5-14(11)24/h2-7,9,12,20,24H,8H2,1H3,(H,21,25). The number of carbonyl (C=O) groups is 3. The van der Waals surface area contributed by atoms with Gasteiger partial charge in [-0.25, -0.2) is 10.4 Å². The van der Waals surface area contributed by atoms with E-state index in [0.29, 0.717) is 5.71 Å². The highest BCUT2D eigenvalue weighted by atomic mass is 16.3. The maximum atomic E-state index is 12.5. The highest BCUT2D eigenvalue weighted by molar-refractivity contribution is 6.16. The monoisotopic (exact) mass is 368 g/mol. The first-order valence-corrected chi connectivity index (χ1v) is 7.99. The molecule has 1 aliphatic rings. The van der Waals surface area contributed by atoms with Crippen LogP contribution < -0.4 is 10.9 Å². The van der Waals surface area contributed by atoms with Gasteiger partial charge in [0.25, 0.3) is 17.7 Å². The summed E-state index contributed by atoms with van der Waals surface area (Å²) < 4.78 is 0. The number of nitrogens with one attached hydrogen (secondary N) is 2. The van der Waals surface area contributed by atoms with Crippen molar-refractivity contribution in [3.8, 4) is 5.75 Å². The number of hydrazone groups is 1. The molecule has 0 bridgehead atoms. The molecule has 1 aromatic carbocycles. The SMILES string of the molecule is CC1=NN(C(=O)c2ccccc2O)C(=O)C1CNNC(=O)c1cnccn1. The predicted molar refractivity (Wildman–Crippen MR) is 93.4 cm³/mol. The van der Waals surface area contributed by atoms with Crippen molar-refractivity contribution in [2.24, 2.45) is 11.0 Å². The quantitative estimate of drug-likeness (QED) is 0.502. The average molecular weight is 368 g/mol. The number of aromatic nitrogens is 2. The molecule has 0 fully saturated rings. The number of phenolic OH excluding ortho intramolecular Hbond substituents is 1. The largest absolute Gasteiger partial charge is 0.507 e. The number of hydrazine groups is 1. The number of phenols is 1. The van der Waals surface area contributed by atoms with Crippen LogP contribution in [-0.4, -0.2) is 50.1 Å². The molecule has 3 rings (SSSR count). The minimum absolute atomic E-state index is 0.0213. The highest BCUT2D eigenvalue weighted by Crippen LogP contribution is 2.22. The molecule has 10 nitrogen and oxygen atoms in total. The zero-order valence-electron chi connectivity index (χ0n) is 14.3. The fourth-order valence-corrected chi connectivity index (χ4v) is 2.47. The highest BCUT2D eigenvalue weighted by Gasteiger charge is 2.38. The third-order valence-corrected chi connectivity index (χ3v) is 3.90. The molecular formula is C17H16N6O4. The van der Waals surface area contributed by atoms with Crippen molar-refractivity contribution < 1.29 is 19.5 Å². The molecule has 0 saturated heterocycles. The first-order chi connectivity index (χ1) is 13.0. The van der Waals surface area contributed by atoms with E-state index in [1.807, 2.05) is 0 Å². The predicted octanol–water partition coefficient (Wildman–Crippen LogP) is 0.0913. The number of amides is 3. The van der Waals surface area contributed by atoms with Gasteiger partial charge in [0, 0.05) is 24.7 Å². The van der Waals surface area contributed by atoms with E-state index in [1.54, 1.807) is 19.1 Å². The Balaban J connectivity index is 1.61. The van der Waals surface area contributed by atoms with E-state index in [4.69, 9.17) is 0 Å². The minimum Gasteiger partial charge on any atom is -0.507 e. The van der Waals surface area contributed by atoms with Gasteiger partial charge in [0.1, 0.15) is 11.4 Å². The lowest BCUT2D eigenvalue weighted by Crippen LogP contribution is -2.44. The Morgan fingerprint density at radius 2 is 2.04 bits per heavy atom. The maximum Gasteiger partial charge on any atom is 0.285 e. The van der Waals surface area contributed by atoms with Gasteiger partial charge in [0.15, 0.2) is 0 Å². The first-order valence-electron chi connectivity index (χ1n) is 7.99. The molecular weight excluding hydrogens is 352 g/mol. The Kier molecular flexibility index (Phi) is 5.18. The third kappa shape index (κ3) is 3.80. The summed E-state index contributed by atoms with van der Waals surface area (Å²) in [4.78, 5) is 44.5. The molecule has 1 unspecified atom stereocenters. The van der Waals surface area contributed by atoms with Crippen LogP contribution in [0, 0.1) is 5.92 Å². The van der Waals surface area contributed by atoms with Gasteiger partial charge >= 0.3 is 0 Å². The summed E-state index contributed by atoms with van der Waals surface area (Å²) in [6.07, 6.45) is 4.13. The summed E-state index contributed by atoms with van der Waals surface area (Å²) in [6.45, 7) is 1.64. The van der Waals surface area contributed by atoms with E-state index in [2.05, 4.69) is 25.9 Å². The van der Waals surface area contributed by atoms with Gasteiger partial charge < -0.3 is 5.11 Å². The second kappa shape index (κ2) is 7.70. The summed E-state index contributed by atoms with van der Waals surface area (Å²) in [7, 11) is 0. The molecule has 0 aliphatic carbocycles. The Bertz CT molecular complexity index is 915. The minimum atomic E-state index is -0.734. The van der Waals surface area contributed by atoms with Gasteiger partial charge in [-0.2, -0.15) is 10.1 Å². The molecule has 0 spiro atoms. The van der Waals surface area contributed by atoms with Crippen LogP contribution in [0.3, 0.4) is 0 Å². The zero-order chi connectivity index (χ0) is 19.4. The van der Waals surface area contributed by atoms with Crippen molar-refractivity contribution in [3.63, 3.8) is 0 Å². The van der Waals surface area contributed by atoms with Crippen LogP contribution in [-0.2, 0) is 4.79 Å². The number of imide groups is 1. The van der Waals surface area contributed by atoms with Crippen LogP contribution in [0.1, 0.15) is 27.8 Å². The van der Waals surface area contributed by atoms with Crippen molar-refractivity contribution in [2.45, 2.75) is 6.92 Å². The summed E-state index contributed by atoms with van der Waals surface area (Å²) in [5.41, 5.74) is 5.55. The van der Waals surface area contributed by atoms with Gasteiger partial charge in [0.05, 0.1) is 17.7 Å². The van der Waals surface area contributed by atoms with E-state index in [0.717, 1.165) is 5.01 Å². The number of carbonyl (C=O) groups excluding carboxylic acids is 3. The molecule has 2 heterocycles. The Labute approximate surface area is 153 Å². The summed E-state index contributed by atoms with van der Waals surface area (Å²) >= 11 is 0. The fourth-order valence-electron chi connectivity index (χ4n) is 2.47. The molecule has 10 heteroatoms. The topological polar surface area (TPSA) is 137 Å². The molecule has 1 atom stereocenters. The van der Waals surface area contributed by atoms with Gasteiger partial charge in [-0.05, 0) is 19.1 Å². The number of hydrogen-bond donors (Lipinski definition) is 3. The zero-order valence-corrected chi connectivity index (χ0v) is 14.3. The first kappa shape index (κ1) is 18.1. The van der Waals surface area contributed by atoms with Crippen molar-refractivity contribution in [3.05, 3.63) is 54.1 Å². The summed E-state index contributed by atoms with van der Waals surface area (Å²) in [5, 5.41) is 14.5. The molecule has 0 saturated carbocycles. The number of aromatic hydroxyl groups is 1. The smallest absolute Gasteiger partial charge is 0.285 e. The van der Waals surface area contributed by atoms with E-state index >= 15 is 0 Å². The fraction of sp³-hybridized carbons (Fsp3) is 0.176. The van der Waals surface area contributed by atoms with Gasteiger partial charge in [-0.1, -0.05) is 12.1 Å². The maximum absolute atomic E-state index is 12.5. The average Bonchev–Trinajstić information content (AvgIpc) is 2.96. The number of benzene rings is 1. The molecule has 1 aliphatic heterocycles. The normalized spacial score (nSPS) is 16.2. The van der Waals surface area contributed by atoms with Crippen LogP contribution in [0.25, 0.3) is 0 Å². The number of rotatable bonds is 5. The lowest BCUT2D eigenvalue weighted by atomic mass is 10.1. The second-order valence-electron chi connectivity index (χ2n) is 5.69. The Hall–Kier alpha value is -3.66. The lowest BCUT2D eigenvalue weighted by Gasteiger charge is -2.14. The summed E-state index contributed by atoms with van der Waals surface area (Å²) in [5.74, 6) is -2.75. The molecule has 2 aromatic rings. The summed E-state index contributed by atoms with van der Waals surface area (Å²) in [6, 6.07) is 5.90. The van der Waals surface area contributed by atoms with Crippen molar-refractivity contribution in [2.75, 3.05) is 6.54 Å². The number of hydrogen-bond acceptors (Lipinski definition) is 8. The Morgan fingerprint density at radius 3 is 2.74 bits per heavy atom. The second-order valence-corrected chi connectivity index (χ2v) is 5.69. The molecule has 3 N–H and O–H groups in total. The molecule has 3 amide bonds. The van der Waals surface area contributed by atoms with Crippen LogP contribution in [0.2, 0.25) is 0 Å². The van der Waals surface area contributed by atoms with Crippen LogP contribution in [0.5, 0.6) is 5.75 Å². The van der Waals surface area contributed by atoms with Crippen molar-refractivity contribution in [1.29, 1.82) is 0 Å². The van der Waals surface area contributed by atoms with Crippen molar-refractivity contribution in [1.82, 2.24) is 25.8 Å². The van der Waals surface area contributed by atoms with Crippen LogP contribution in [0.15, 0.2) is 48.0 Å². The van der Waals surface area contributed by atoms with Crippen molar-refractivity contribution >= 4 is 23.4 Å². The van der Waals surface area contributed by atoms with E-state index in [9.17, 15) is 19.5 Å². The van der Waals surface area contributed by atoms with Crippen LogP contribution >= 0.6 is 0 Å². The molecule has 0 radical (unpaired) electrons. The van der Waals surface area contributed by atoms with Gasteiger partial charge in [0.2, 0.25) is 0 Å². The Morgan fingerprint density at radius 1 is 1.26 bits per heavy atom. The van der Waals surface area contributed by atoms with E-state index in [-0.39, 0.29) is 23.6 Å². The van der Waals surface area contributed by atoms with E-state index in [1.165, 1.54) is 30.7 Å². The van der Waals surface area contributed by atoms with Gasteiger partial charge in [-0.15, -0.1) is 0 Å². The lowest BCUT2D eigenvalue weighted by molar-refractivity contribution is -0.129. The molecule has 138 valence electrons. The van der Waals surface area contributed by atoms with Crippen LogP contribution in [0.4, 0.5) is 0 Å². The van der Waals surface area contributed by atoms with Gasteiger partial charge in [-0.3, -0.25) is 24.8 Å². The number of nitrogens with zero attached hydrogens (tertiary/aromatic N) is 4. The molecule has 1 aromatic heterocycles. The third-order valence-electron chi connectivity index (χ3n) is 3.90. The number of para-hydroxylation sites is 1. The molecule has 27 heavy (non-hydrogen) atoms. The van der Waals surface area contributed by atoms with E-state index < -0.39 is 23.6 Å².